The molecule has 12 N–H and O–H groups in total. The Bertz CT molecular complexity index is 933. The van der Waals surface area contributed by atoms with E-state index in [0.29, 0.717) is 12.0 Å². The Hall–Kier alpha value is -3.91. The van der Waals surface area contributed by atoms with Gasteiger partial charge in [-0.15, -0.1) is 0 Å². The molecule has 14 nitrogen and oxygen atoms in total. The average molecular weight is 510 g/mol. The van der Waals surface area contributed by atoms with Gasteiger partial charge < -0.3 is 48.5 Å². The molecule has 36 heavy (non-hydrogen) atoms. The Morgan fingerprint density at radius 3 is 2.11 bits per heavy atom. The van der Waals surface area contributed by atoms with Crippen LogP contribution in [-0.4, -0.2) is 81.8 Å². The lowest BCUT2D eigenvalue weighted by molar-refractivity contribution is -0.145. The number of phenols is 1. The first-order valence-electron chi connectivity index (χ1n) is 11.2. The number of nitrogens with two attached hydrogens (primary N) is 3. The molecule has 14 heteroatoms. The number of hydrogen-bond donors (Lipinski definition) is 9. The Morgan fingerprint density at radius 2 is 1.58 bits per heavy atom. The second-order valence-electron chi connectivity index (χ2n) is 8.28. The van der Waals surface area contributed by atoms with Gasteiger partial charge in [0, 0.05) is 6.54 Å². The minimum atomic E-state index is -1.56. The number of aromatic hydroxyl groups is 1. The highest BCUT2D eigenvalue weighted by Gasteiger charge is 2.30. The van der Waals surface area contributed by atoms with E-state index < -0.39 is 54.0 Å². The number of amides is 3. The molecule has 1 aromatic rings. The van der Waals surface area contributed by atoms with Gasteiger partial charge in [0.15, 0.2) is 12.0 Å². The molecule has 1 aromatic carbocycles. The maximum Gasteiger partial charge on any atom is 0.328 e. The number of carbonyl (C=O) groups excluding carboxylic acids is 3. The standard InChI is InChI=1S/C22H35N7O7/c1-11(18(32)29-17(12(2)30)21(35)36)27-20(34)16(4-3-9-26-22(24)25)28-19(33)15(23)10-13-5-7-14(31)8-6-13/h5-8,11-12,15-17,30-31H,3-4,9-10,23H2,1-2H3,(H,27,34)(H,28,33)(H,29,32)(H,35,36)(H4,24,25,26). The number of aliphatic hydroxyl groups excluding tert-OH is 1. The number of aliphatic carboxylic acids is 1. The van der Waals surface area contributed by atoms with E-state index in [1.807, 2.05) is 0 Å². The van der Waals surface area contributed by atoms with Gasteiger partial charge in [-0.3, -0.25) is 19.4 Å². The Kier molecular flexibility index (Phi) is 12.1. The summed E-state index contributed by atoms with van der Waals surface area (Å²) in [5.41, 5.74) is 17.3. The maximum absolute atomic E-state index is 12.9. The summed E-state index contributed by atoms with van der Waals surface area (Å²) in [4.78, 5) is 52.9. The molecular formula is C22H35N7O7. The zero-order chi connectivity index (χ0) is 27.4. The summed E-state index contributed by atoms with van der Waals surface area (Å²) in [6.45, 7) is 2.71. The monoisotopic (exact) mass is 509 g/mol. The number of rotatable bonds is 14. The van der Waals surface area contributed by atoms with E-state index in [-0.39, 0.29) is 31.1 Å². The molecule has 200 valence electrons. The lowest BCUT2D eigenvalue weighted by Gasteiger charge is -2.24. The topological polar surface area (TPSA) is 255 Å². The third-order valence-electron chi connectivity index (χ3n) is 5.11. The summed E-state index contributed by atoms with van der Waals surface area (Å²) < 4.78 is 0. The number of benzene rings is 1. The molecule has 0 bridgehead atoms. The number of nitrogens with zero attached hydrogens (tertiary/aromatic N) is 1. The highest BCUT2D eigenvalue weighted by molar-refractivity contribution is 5.94. The van der Waals surface area contributed by atoms with Crippen molar-refractivity contribution in [2.24, 2.45) is 22.2 Å². The third kappa shape index (κ3) is 10.6. The predicted molar refractivity (Wildman–Crippen MR) is 130 cm³/mol. The SMILES string of the molecule is CC(NC(=O)C(CCCN=C(N)N)NC(=O)C(N)Cc1ccc(O)cc1)C(=O)NC(C(=O)O)C(C)O. The third-order valence-corrected chi connectivity index (χ3v) is 5.11. The molecule has 0 fully saturated rings. The van der Waals surface area contributed by atoms with Crippen LogP contribution in [0.1, 0.15) is 32.3 Å². The number of phenolic OH excluding ortho intramolecular Hbond substituents is 1. The maximum atomic E-state index is 12.9. The van der Waals surface area contributed by atoms with Crippen LogP contribution in [-0.2, 0) is 25.6 Å². The highest BCUT2D eigenvalue weighted by atomic mass is 16.4. The largest absolute Gasteiger partial charge is 0.508 e. The second kappa shape index (κ2) is 14.5. The van der Waals surface area contributed by atoms with Crippen LogP contribution in [0.25, 0.3) is 0 Å². The van der Waals surface area contributed by atoms with E-state index in [2.05, 4.69) is 20.9 Å². The second-order valence-corrected chi connectivity index (χ2v) is 8.28. The molecule has 1 rings (SSSR count). The van der Waals surface area contributed by atoms with E-state index in [1.54, 1.807) is 12.1 Å². The fraction of sp³-hybridized carbons (Fsp3) is 0.500. The first-order valence-corrected chi connectivity index (χ1v) is 11.2. The van der Waals surface area contributed by atoms with Gasteiger partial charge in [0.25, 0.3) is 0 Å². The lowest BCUT2D eigenvalue weighted by atomic mass is 10.0. The van der Waals surface area contributed by atoms with Gasteiger partial charge in [-0.25, -0.2) is 4.79 Å². The van der Waals surface area contributed by atoms with Gasteiger partial charge in [-0.05, 0) is 50.8 Å². The van der Waals surface area contributed by atoms with Crippen LogP contribution in [0.15, 0.2) is 29.3 Å². The summed E-state index contributed by atoms with van der Waals surface area (Å²) in [5.74, 6) is -3.68. The highest BCUT2D eigenvalue weighted by Crippen LogP contribution is 2.11. The van der Waals surface area contributed by atoms with Gasteiger partial charge in [0.2, 0.25) is 17.7 Å². The number of guanidine groups is 1. The van der Waals surface area contributed by atoms with Gasteiger partial charge in [-0.2, -0.15) is 0 Å². The molecule has 3 amide bonds. The van der Waals surface area contributed by atoms with Gasteiger partial charge in [0.1, 0.15) is 17.8 Å². The number of hydrogen-bond acceptors (Lipinski definition) is 8. The zero-order valence-electron chi connectivity index (χ0n) is 20.2. The Labute approximate surface area is 208 Å². The van der Waals surface area contributed by atoms with Crippen molar-refractivity contribution in [2.45, 2.75) is 63.4 Å². The number of carboxylic acid groups (broad SMARTS) is 1. The van der Waals surface area contributed by atoms with Crippen LogP contribution in [0.2, 0.25) is 0 Å². The van der Waals surface area contributed by atoms with Crippen molar-refractivity contribution in [1.29, 1.82) is 0 Å². The average Bonchev–Trinajstić information content (AvgIpc) is 2.79. The minimum absolute atomic E-state index is 0.0653. The molecule has 0 heterocycles. The van der Waals surface area contributed by atoms with E-state index in [4.69, 9.17) is 22.3 Å². The molecule has 0 radical (unpaired) electrons. The quantitative estimate of drug-likeness (QED) is 0.0709. The van der Waals surface area contributed by atoms with Crippen LogP contribution in [0.5, 0.6) is 5.75 Å². The van der Waals surface area contributed by atoms with Crippen molar-refractivity contribution in [3.05, 3.63) is 29.8 Å². The van der Waals surface area contributed by atoms with Crippen molar-refractivity contribution in [2.75, 3.05) is 6.54 Å². The molecule has 5 atom stereocenters. The van der Waals surface area contributed by atoms with Crippen molar-refractivity contribution < 1.29 is 34.5 Å². The summed E-state index contributed by atoms with van der Waals surface area (Å²) >= 11 is 0. The first kappa shape index (κ1) is 30.1. The number of nitrogens with one attached hydrogen (secondary N) is 3. The van der Waals surface area contributed by atoms with Crippen LogP contribution in [0, 0.1) is 0 Å². The minimum Gasteiger partial charge on any atom is -0.508 e. The number of aliphatic hydroxyl groups is 1. The van der Waals surface area contributed by atoms with Crippen LogP contribution >= 0.6 is 0 Å². The molecule has 5 unspecified atom stereocenters. The smallest absolute Gasteiger partial charge is 0.328 e. The van der Waals surface area contributed by atoms with Crippen molar-refractivity contribution in [3.8, 4) is 5.75 Å². The summed E-state index contributed by atoms with van der Waals surface area (Å²) in [6.07, 6.45) is -0.803. The first-order chi connectivity index (χ1) is 16.8. The fourth-order valence-corrected chi connectivity index (χ4v) is 3.08. The van der Waals surface area contributed by atoms with E-state index in [0.717, 1.165) is 0 Å². The number of carbonyl (C=O) groups is 4. The fourth-order valence-electron chi connectivity index (χ4n) is 3.08. The zero-order valence-corrected chi connectivity index (χ0v) is 20.2. The van der Waals surface area contributed by atoms with Gasteiger partial charge in [-0.1, -0.05) is 12.1 Å². The lowest BCUT2D eigenvalue weighted by Crippen LogP contribution is -2.57. The Balaban J connectivity index is 2.85. The molecule has 0 aromatic heterocycles. The van der Waals surface area contributed by atoms with Crippen molar-refractivity contribution in [3.63, 3.8) is 0 Å². The molecule has 0 aliphatic carbocycles. The Morgan fingerprint density at radius 1 is 0.972 bits per heavy atom. The van der Waals surface area contributed by atoms with Gasteiger partial charge in [0.05, 0.1) is 12.1 Å². The molecular weight excluding hydrogens is 474 g/mol. The van der Waals surface area contributed by atoms with Crippen LogP contribution < -0.4 is 33.2 Å². The molecule has 0 aliphatic heterocycles. The van der Waals surface area contributed by atoms with E-state index in [9.17, 15) is 29.4 Å². The molecule has 0 saturated heterocycles. The summed E-state index contributed by atoms with van der Waals surface area (Å²) in [5, 5.41) is 35.1. The van der Waals surface area contributed by atoms with Gasteiger partial charge >= 0.3 is 5.97 Å². The molecule has 0 saturated carbocycles. The van der Waals surface area contributed by atoms with Crippen molar-refractivity contribution in [1.82, 2.24) is 16.0 Å². The molecule has 0 aliphatic rings. The van der Waals surface area contributed by atoms with E-state index >= 15 is 0 Å². The number of aliphatic imine (C=N–C) groups is 1. The van der Waals surface area contributed by atoms with Crippen molar-refractivity contribution >= 4 is 29.7 Å². The van der Waals surface area contributed by atoms with Crippen LogP contribution in [0.4, 0.5) is 0 Å². The van der Waals surface area contributed by atoms with E-state index in [1.165, 1.54) is 26.0 Å². The number of carboxylic acids is 1. The summed E-state index contributed by atoms with van der Waals surface area (Å²) in [6, 6.07) is 1.29. The molecule has 0 spiro atoms. The van der Waals surface area contributed by atoms with Crippen LogP contribution in [0.3, 0.4) is 0 Å². The summed E-state index contributed by atoms with van der Waals surface area (Å²) in [7, 11) is 0. The normalized spacial score (nSPS) is 14.9. The predicted octanol–water partition coefficient (Wildman–Crippen LogP) is -2.74.